The Balaban J connectivity index is 1.52. The summed E-state index contributed by atoms with van der Waals surface area (Å²) in [5.41, 5.74) is 4.26. The van der Waals surface area contributed by atoms with Crippen LogP contribution in [0.2, 0.25) is 0 Å². The quantitative estimate of drug-likeness (QED) is 0.697. The van der Waals surface area contributed by atoms with Crippen molar-refractivity contribution in [2.45, 2.75) is 13.0 Å². The third-order valence-electron chi connectivity index (χ3n) is 5.47. The average molecular weight is 371 g/mol. The number of rotatable bonds is 4. The predicted molar refractivity (Wildman–Crippen MR) is 111 cm³/mol. The van der Waals surface area contributed by atoms with E-state index in [1.54, 1.807) is 12.4 Å². The molecule has 1 aliphatic rings. The van der Waals surface area contributed by atoms with E-state index in [2.05, 4.69) is 70.5 Å². The minimum Gasteiger partial charge on any atom is -0.336 e. The number of piperazine rings is 1. The summed E-state index contributed by atoms with van der Waals surface area (Å²) in [5, 5.41) is 0. The molecule has 1 saturated heterocycles. The van der Waals surface area contributed by atoms with Gasteiger partial charge in [-0.05, 0) is 29.7 Å². The molecule has 1 amide bonds. The van der Waals surface area contributed by atoms with Crippen molar-refractivity contribution in [3.8, 4) is 0 Å². The Morgan fingerprint density at radius 2 is 1.43 bits per heavy atom. The second-order valence-corrected chi connectivity index (χ2v) is 7.24. The van der Waals surface area contributed by atoms with E-state index in [1.807, 2.05) is 17.9 Å². The van der Waals surface area contributed by atoms with Crippen LogP contribution in [0.1, 0.15) is 33.1 Å². The Hall–Kier alpha value is -2.98. The zero-order valence-corrected chi connectivity index (χ0v) is 16.2. The zero-order valence-electron chi connectivity index (χ0n) is 16.2. The Kier molecular flexibility index (Phi) is 5.49. The van der Waals surface area contributed by atoms with Gasteiger partial charge in [0, 0.05) is 38.6 Å². The Morgan fingerprint density at radius 3 is 1.96 bits per heavy atom. The molecule has 142 valence electrons. The minimum absolute atomic E-state index is 0.0845. The predicted octanol–water partition coefficient (Wildman–Crippen LogP) is 3.94. The third-order valence-corrected chi connectivity index (χ3v) is 5.47. The van der Waals surface area contributed by atoms with Gasteiger partial charge in [-0.1, -0.05) is 60.7 Å². The number of pyridine rings is 1. The van der Waals surface area contributed by atoms with Crippen molar-refractivity contribution in [1.29, 1.82) is 0 Å². The van der Waals surface area contributed by atoms with E-state index in [9.17, 15) is 4.79 Å². The van der Waals surface area contributed by atoms with Gasteiger partial charge in [-0.25, -0.2) is 0 Å². The van der Waals surface area contributed by atoms with Crippen LogP contribution in [0.3, 0.4) is 0 Å². The average Bonchev–Trinajstić information content (AvgIpc) is 2.76. The highest BCUT2D eigenvalue weighted by molar-refractivity contribution is 5.95. The van der Waals surface area contributed by atoms with E-state index in [-0.39, 0.29) is 11.9 Å². The SMILES string of the molecule is Cc1ccncc1C(=O)N1CCN(C(c2ccccc2)c2ccccc2)CC1. The van der Waals surface area contributed by atoms with Crippen LogP contribution in [0.5, 0.6) is 0 Å². The molecule has 0 atom stereocenters. The van der Waals surface area contributed by atoms with E-state index in [0.717, 1.165) is 31.7 Å². The summed E-state index contributed by atoms with van der Waals surface area (Å²) in [6.45, 7) is 5.11. The molecule has 0 N–H and O–H groups in total. The molecule has 28 heavy (non-hydrogen) atoms. The molecule has 0 saturated carbocycles. The van der Waals surface area contributed by atoms with E-state index in [0.29, 0.717) is 5.56 Å². The molecule has 0 aliphatic carbocycles. The minimum atomic E-state index is 0.0845. The molecule has 0 unspecified atom stereocenters. The number of hydrogen-bond donors (Lipinski definition) is 0. The molecule has 0 radical (unpaired) electrons. The van der Waals surface area contributed by atoms with Crippen molar-refractivity contribution in [2.75, 3.05) is 26.2 Å². The molecule has 4 heteroatoms. The van der Waals surface area contributed by atoms with E-state index in [4.69, 9.17) is 0 Å². The first-order valence-corrected chi connectivity index (χ1v) is 9.78. The standard InChI is InChI=1S/C24H25N3O/c1-19-12-13-25-18-22(19)24(28)27-16-14-26(15-17-27)23(20-8-4-2-5-9-20)21-10-6-3-7-11-21/h2-13,18,23H,14-17H2,1H3. The van der Waals surface area contributed by atoms with Crippen molar-refractivity contribution in [3.05, 3.63) is 101 Å². The first-order valence-electron chi connectivity index (χ1n) is 9.78. The van der Waals surface area contributed by atoms with Gasteiger partial charge in [0.25, 0.3) is 5.91 Å². The van der Waals surface area contributed by atoms with E-state index >= 15 is 0 Å². The number of carbonyl (C=O) groups excluding carboxylic acids is 1. The molecular formula is C24H25N3O. The molecule has 3 aromatic rings. The Morgan fingerprint density at radius 1 is 0.857 bits per heavy atom. The lowest BCUT2D eigenvalue weighted by Crippen LogP contribution is -2.50. The van der Waals surface area contributed by atoms with Crippen molar-refractivity contribution in [3.63, 3.8) is 0 Å². The summed E-state index contributed by atoms with van der Waals surface area (Å²) >= 11 is 0. The van der Waals surface area contributed by atoms with Crippen LogP contribution < -0.4 is 0 Å². The van der Waals surface area contributed by atoms with Crippen LogP contribution >= 0.6 is 0 Å². The zero-order chi connectivity index (χ0) is 19.3. The maximum Gasteiger partial charge on any atom is 0.255 e. The molecule has 2 aromatic carbocycles. The summed E-state index contributed by atoms with van der Waals surface area (Å²) in [6.07, 6.45) is 3.41. The van der Waals surface area contributed by atoms with E-state index < -0.39 is 0 Å². The summed E-state index contributed by atoms with van der Waals surface area (Å²) in [4.78, 5) is 21.5. The van der Waals surface area contributed by atoms with Crippen LogP contribution in [-0.2, 0) is 0 Å². The van der Waals surface area contributed by atoms with Crippen molar-refractivity contribution >= 4 is 5.91 Å². The highest BCUT2D eigenvalue weighted by Crippen LogP contribution is 2.29. The molecule has 1 aliphatic heterocycles. The molecule has 0 spiro atoms. The fraction of sp³-hybridized carbons (Fsp3) is 0.250. The lowest BCUT2D eigenvalue weighted by atomic mass is 9.96. The summed E-state index contributed by atoms with van der Waals surface area (Å²) in [7, 11) is 0. The number of aryl methyl sites for hydroxylation is 1. The first-order chi connectivity index (χ1) is 13.7. The highest BCUT2D eigenvalue weighted by atomic mass is 16.2. The second kappa shape index (κ2) is 8.36. The smallest absolute Gasteiger partial charge is 0.255 e. The van der Waals surface area contributed by atoms with Crippen molar-refractivity contribution in [1.82, 2.24) is 14.8 Å². The molecule has 1 aromatic heterocycles. The molecule has 4 nitrogen and oxygen atoms in total. The van der Waals surface area contributed by atoms with Crippen LogP contribution in [0.4, 0.5) is 0 Å². The molecule has 0 bridgehead atoms. The number of carbonyl (C=O) groups is 1. The fourth-order valence-corrected chi connectivity index (χ4v) is 3.93. The molecule has 1 fully saturated rings. The normalized spacial score (nSPS) is 15.0. The monoisotopic (exact) mass is 371 g/mol. The summed E-state index contributed by atoms with van der Waals surface area (Å²) in [5.74, 6) is 0.0845. The van der Waals surface area contributed by atoms with Crippen LogP contribution in [-0.4, -0.2) is 46.9 Å². The van der Waals surface area contributed by atoms with Crippen molar-refractivity contribution in [2.24, 2.45) is 0 Å². The van der Waals surface area contributed by atoms with Gasteiger partial charge in [0.2, 0.25) is 0 Å². The van der Waals surface area contributed by atoms with Gasteiger partial charge >= 0.3 is 0 Å². The third kappa shape index (κ3) is 3.82. The maximum absolute atomic E-state index is 12.9. The molecule has 4 rings (SSSR count). The number of hydrogen-bond acceptors (Lipinski definition) is 3. The summed E-state index contributed by atoms with van der Waals surface area (Å²) in [6, 6.07) is 23.3. The van der Waals surface area contributed by atoms with Crippen molar-refractivity contribution < 1.29 is 4.79 Å². The van der Waals surface area contributed by atoms with Gasteiger partial charge in [0.05, 0.1) is 11.6 Å². The maximum atomic E-state index is 12.9. The number of benzene rings is 2. The van der Waals surface area contributed by atoms with Crippen LogP contribution in [0.15, 0.2) is 79.1 Å². The number of amides is 1. The Labute approximate surface area is 166 Å². The number of nitrogens with zero attached hydrogens (tertiary/aromatic N) is 3. The lowest BCUT2D eigenvalue weighted by molar-refractivity contribution is 0.0596. The van der Waals surface area contributed by atoms with Gasteiger partial charge in [0.1, 0.15) is 0 Å². The van der Waals surface area contributed by atoms with Gasteiger partial charge in [0.15, 0.2) is 0 Å². The Bertz CT molecular complexity index is 879. The van der Waals surface area contributed by atoms with E-state index in [1.165, 1.54) is 11.1 Å². The molecular weight excluding hydrogens is 346 g/mol. The topological polar surface area (TPSA) is 36.4 Å². The lowest BCUT2D eigenvalue weighted by Gasteiger charge is -2.40. The van der Waals surface area contributed by atoms with Gasteiger partial charge in [-0.2, -0.15) is 0 Å². The second-order valence-electron chi connectivity index (χ2n) is 7.24. The van der Waals surface area contributed by atoms with Gasteiger partial charge < -0.3 is 4.90 Å². The summed E-state index contributed by atoms with van der Waals surface area (Å²) < 4.78 is 0. The largest absolute Gasteiger partial charge is 0.336 e. The number of aromatic nitrogens is 1. The van der Waals surface area contributed by atoms with Crippen LogP contribution in [0, 0.1) is 6.92 Å². The van der Waals surface area contributed by atoms with Gasteiger partial charge in [-0.3, -0.25) is 14.7 Å². The fourth-order valence-electron chi connectivity index (χ4n) is 3.93. The highest BCUT2D eigenvalue weighted by Gasteiger charge is 2.28. The van der Waals surface area contributed by atoms with Crippen LogP contribution in [0.25, 0.3) is 0 Å². The first kappa shape index (κ1) is 18.4. The molecule has 2 heterocycles. The van der Waals surface area contributed by atoms with Gasteiger partial charge in [-0.15, -0.1) is 0 Å².